The minimum Gasteiger partial charge on any atom is -0.455 e. The van der Waals surface area contributed by atoms with Gasteiger partial charge in [-0.3, -0.25) is 0 Å². The van der Waals surface area contributed by atoms with Crippen molar-refractivity contribution in [3.05, 3.63) is 24.3 Å². The number of hydrogen-bond donors (Lipinski definition) is 0. The molecule has 2 nitrogen and oxygen atoms in total. The van der Waals surface area contributed by atoms with Gasteiger partial charge in [0.05, 0.1) is 0 Å². The lowest BCUT2D eigenvalue weighted by atomic mass is 9.69. The summed E-state index contributed by atoms with van der Waals surface area (Å²) < 4.78 is 5.42. The number of allylic oxidation sites excluding steroid dienone is 1. The number of hydrogen-bond acceptors (Lipinski definition) is 2. The third-order valence-corrected chi connectivity index (χ3v) is 3.95. The minimum absolute atomic E-state index is 0.195. The van der Waals surface area contributed by atoms with E-state index >= 15 is 0 Å². The molecule has 0 bridgehead atoms. The number of fused-ring (bicyclic) bond motifs is 1. The van der Waals surface area contributed by atoms with E-state index in [2.05, 4.69) is 20.1 Å². The average Bonchev–Trinajstić information content (AvgIpc) is 2.37. The zero-order valence-electron chi connectivity index (χ0n) is 9.51. The average molecular weight is 206 g/mol. The Labute approximate surface area is 91.0 Å². The van der Waals surface area contributed by atoms with Crippen LogP contribution in [0.25, 0.3) is 0 Å². The van der Waals surface area contributed by atoms with E-state index in [1.165, 1.54) is 5.57 Å². The van der Waals surface area contributed by atoms with E-state index < -0.39 is 0 Å². The fourth-order valence-corrected chi connectivity index (χ4v) is 2.79. The van der Waals surface area contributed by atoms with Gasteiger partial charge in [-0.1, -0.05) is 18.7 Å². The van der Waals surface area contributed by atoms with Crippen LogP contribution in [-0.4, -0.2) is 11.6 Å². The predicted octanol–water partition coefficient (Wildman–Crippen LogP) is 2.85. The second-order valence-corrected chi connectivity index (χ2v) is 5.10. The van der Waals surface area contributed by atoms with Gasteiger partial charge >= 0.3 is 5.97 Å². The van der Waals surface area contributed by atoms with E-state index in [9.17, 15) is 4.79 Å². The second-order valence-electron chi connectivity index (χ2n) is 5.10. The fraction of sp³-hybridized carbons (Fsp3) is 0.615. The van der Waals surface area contributed by atoms with Crippen molar-refractivity contribution < 1.29 is 9.53 Å². The van der Waals surface area contributed by atoms with Crippen molar-refractivity contribution in [2.45, 2.75) is 38.7 Å². The third kappa shape index (κ3) is 1.52. The molecular formula is C13H18O2. The Bertz CT molecular complexity index is 342. The summed E-state index contributed by atoms with van der Waals surface area (Å²) in [5, 5.41) is 0. The molecule has 0 N–H and O–H groups in total. The van der Waals surface area contributed by atoms with E-state index in [4.69, 9.17) is 4.74 Å². The summed E-state index contributed by atoms with van der Waals surface area (Å²) in [6.07, 6.45) is 2.97. The highest BCUT2D eigenvalue weighted by Gasteiger charge is 2.51. The molecule has 2 aliphatic rings. The summed E-state index contributed by atoms with van der Waals surface area (Å²) in [5.41, 5.74) is 1.58. The van der Waals surface area contributed by atoms with Crippen molar-refractivity contribution in [1.82, 2.24) is 0 Å². The third-order valence-electron chi connectivity index (χ3n) is 3.95. The van der Waals surface area contributed by atoms with Crippen molar-refractivity contribution in [1.29, 1.82) is 0 Å². The molecule has 0 aromatic carbocycles. The van der Waals surface area contributed by atoms with Crippen LogP contribution in [-0.2, 0) is 9.53 Å². The van der Waals surface area contributed by atoms with Gasteiger partial charge in [-0.2, -0.15) is 0 Å². The van der Waals surface area contributed by atoms with Gasteiger partial charge < -0.3 is 4.74 Å². The van der Waals surface area contributed by atoms with Crippen LogP contribution >= 0.6 is 0 Å². The molecule has 0 aromatic heterocycles. The van der Waals surface area contributed by atoms with E-state index in [1.54, 1.807) is 0 Å². The lowest BCUT2D eigenvalue weighted by molar-refractivity contribution is -0.148. The second kappa shape index (κ2) is 3.22. The van der Waals surface area contributed by atoms with E-state index in [0.29, 0.717) is 11.5 Å². The first-order valence-corrected chi connectivity index (χ1v) is 5.51. The molecule has 0 radical (unpaired) electrons. The van der Waals surface area contributed by atoms with Crippen molar-refractivity contribution in [3.63, 3.8) is 0 Å². The fourth-order valence-electron chi connectivity index (χ4n) is 2.79. The standard InChI is InChI=1S/C13H18O2/c1-8(2)10-5-6-13(4)11(7-10)9(3)12(14)15-13/h10-11H,1,3,5-7H2,2,4H3/t10?,11-,13-/m0/s1. The molecule has 1 aliphatic heterocycles. The Morgan fingerprint density at radius 3 is 2.87 bits per heavy atom. The lowest BCUT2D eigenvalue weighted by Gasteiger charge is -2.38. The molecule has 2 heteroatoms. The molecule has 0 amide bonds. The first-order valence-electron chi connectivity index (χ1n) is 5.51. The highest BCUT2D eigenvalue weighted by atomic mass is 16.6. The van der Waals surface area contributed by atoms with Gasteiger partial charge in [0.1, 0.15) is 5.60 Å². The maximum Gasteiger partial charge on any atom is 0.334 e. The van der Waals surface area contributed by atoms with Crippen LogP contribution < -0.4 is 0 Å². The molecule has 3 atom stereocenters. The lowest BCUT2D eigenvalue weighted by Crippen LogP contribution is -2.38. The van der Waals surface area contributed by atoms with Crippen LogP contribution in [0.1, 0.15) is 33.1 Å². The Kier molecular flexibility index (Phi) is 2.25. The number of carbonyl (C=O) groups is 1. The highest BCUT2D eigenvalue weighted by Crippen LogP contribution is 2.48. The van der Waals surface area contributed by atoms with E-state index in [1.807, 2.05) is 6.92 Å². The minimum atomic E-state index is -0.292. The normalized spacial score (nSPS) is 39.9. The zero-order valence-corrected chi connectivity index (χ0v) is 9.51. The van der Waals surface area contributed by atoms with Gasteiger partial charge in [-0.15, -0.1) is 0 Å². The SMILES string of the molecule is C=C(C)C1CC[C@]2(C)OC(=O)C(=C)[C@@H]2C1. The van der Waals surface area contributed by atoms with Crippen LogP contribution in [0, 0.1) is 11.8 Å². The molecule has 1 saturated heterocycles. The summed E-state index contributed by atoms with van der Waals surface area (Å²) in [6.45, 7) is 12.0. The van der Waals surface area contributed by atoms with Crippen LogP contribution in [0.15, 0.2) is 24.3 Å². The molecular weight excluding hydrogens is 188 g/mol. The molecule has 0 spiro atoms. The van der Waals surface area contributed by atoms with Crippen molar-refractivity contribution >= 4 is 5.97 Å². The number of esters is 1. The maximum absolute atomic E-state index is 11.5. The molecule has 1 heterocycles. The predicted molar refractivity (Wildman–Crippen MR) is 59.3 cm³/mol. The van der Waals surface area contributed by atoms with Gasteiger partial charge in [0.2, 0.25) is 0 Å². The Morgan fingerprint density at radius 1 is 1.60 bits per heavy atom. The Balaban J connectivity index is 2.22. The number of rotatable bonds is 1. The van der Waals surface area contributed by atoms with Crippen LogP contribution in [0.2, 0.25) is 0 Å². The molecule has 2 fully saturated rings. The molecule has 1 unspecified atom stereocenters. The smallest absolute Gasteiger partial charge is 0.334 e. The first kappa shape index (κ1) is 10.5. The van der Waals surface area contributed by atoms with Crippen molar-refractivity contribution in [2.75, 3.05) is 0 Å². The summed E-state index contributed by atoms with van der Waals surface area (Å²) >= 11 is 0. The summed E-state index contributed by atoms with van der Waals surface area (Å²) in [6, 6.07) is 0. The Hall–Kier alpha value is -1.05. The number of carbonyl (C=O) groups excluding carboxylic acids is 1. The molecule has 2 rings (SSSR count). The highest BCUT2D eigenvalue weighted by molar-refractivity contribution is 5.91. The van der Waals surface area contributed by atoms with Gasteiger partial charge in [-0.25, -0.2) is 4.79 Å². The van der Waals surface area contributed by atoms with Crippen LogP contribution in [0.3, 0.4) is 0 Å². The zero-order chi connectivity index (χ0) is 11.2. The quantitative estimate of drug-likeness (QED) is 0.374. The van der Waals surface area contributed by atoms with Crippen molar-refractivity contribution in [3.8, 4) is 0 Å². The van der Waals surface area contributed by atoms with E-state index in [0.717, 1.165) is 19.3 Å². The van der Waals surface area contributed by atoms with Gasteiger partial charge in [0, 0.05) is 11.5 Å². The first-order chi connectivity index (χ1) is 6.94. The molecule has 0 aromatic rings. The largest absolute Gasteiger partial charge is 0.455 e. The maximum atomic E-state index is 11.5. The Morgan fingerprint density at radius 2 is 2.27 bits per heavy atom. The van der Waals surface area contributed by atoms with E-state index in [-0.39, 0.29) is 17.5 Å². The topological polar surface area (TPSA) is 26.3 Å². The van der Waals surface area contributed by atoms with Gasteiger partial charge in [-0.05, 0) is 39.0 Å². The summed E-state index contributed by atoms with van der Waals surface area (Å²) in [7, 11) is 0. The molecule has 15 heavy (non-hydrogen) atoms. The van der Waals surface area contributed by atoms with Gasteiger partial charge in [0.25, 0.3) is 0 Å². The number of ether oxygens (including phenoxy) is 1. The monoisotopic (exact) mass is 206 g/mol. The van der Waals surface area contributed by atoms with Gasteiger partial charge in [0.15, 0.2) is 0 Å². The molecule has 1 aliphatic carbocycles. The molecule has 1 saturated carbocycles. The van der Waals surface area contributed by atoms with Crippen molar-refractivity contribution in [2.24, 2.45) is 11.8 Å². The molecule has 82 valence electrons. The summed E-state index contributed by atoms with van der Waals surface area (Å²) in [4.78, 5) is 11.5. The summed E-state index contributed by atoms with van der Waals surface area (Å²) in [5.74, 6) is 0.514. The van der Waals surface area contributed by atoms with Crippen LogP contribution in [0.4, 0.5) is 0 Å². The van der Waals surface area contributed by atoms with Crippen LogP contribution in [0.5, 0.6) is 0 Å².